The van der Waals surface area contributed by atoms with Crippen LogP contribution >= 0.6 is 23.2 Å². The molecule has 1 unspecified atom stereocenters. The van der Waals surface area contributed by atoms with Crippen LogP contribution in [0.2, 0.25) is 10.2 Å². The lowest BCUT2D eigenvalue weighted by atomic mass is 10.0. The summed E-state index contributed by atoms with van der Waals surface area (Å²) < 4.78 is 19.4. The van der Waals surface area contributed by atoms with Crippen molar-refractivity contribution in [3.63, 3.8) is 0 Å². The van der Waals surface area contributed by atoms with Gasteiger partial charge in [-0.1, -0.05) is 23.2 Å². The molecule has 1 N–H and O–H groups in total. The molecule has 180 valence electrons. The molecule has 6 nitrogen and oxygen atoms in total. The first-order valence-corrected chi connectivity index (χ1v) is 11.7. The van der Waals surface area contributed by atoms with Gasteiger partial charge >= 0.3 is 0 Å². The molecule has 1 fully saturated rings. The number of nitrogens with zero attached hydrogens (tertiary/aromatic N) is 2. The number of likely N-dealkylation sites (tertiary alicyclic amines) is 1. The summed E-state index contributed by atoms with van der Waals surface area (Å²) in [4.78, 5) is 28.0. The molecule has 0 spiro atoms. The average Bonchev–Trinajstić information content (AvgIpc) is 2.83. The standard InChI is InChI=1S/C23H21Cl2FN2O2.C2H5NO/c1-14(23(29)28-9-3-2-4-10-28)30-16-6-8-18-19(13-22(25)27-21(18)12-16)17-7-5-15(26)11-20(17)24;1-3-2-4/h5-8,11-14H,2-4,9-10H2,1H3;2H,1H3,(H,3,4). The Hall–Kier alpha value is -2.90. The van der Waals surface area contributed by atoms with Gasteiger partial charge in [0, 0.05) is 37.2 Å². The molecule has 2 heterocycles. The van der Waals surface area contributed by atoms with E-state index in [1.165, 1.54) is 12.1 Å². The van der Waals surface area contributed by atoms with Gasteiger partial charge in [0.1, 0.15) is 16.7 Å². The Morgan fingerprint density at radius 1 is 1.12 bits per heavy atom. The topological polar surface area (TPSA) is 71.5 Å². The molecular formula is C25H26Cl2FN3O3. The Kier molecular flexibility index (Phi) is 9.07. The summed E-state index contributed by atoms with van der Waals surface area (Å²) >= 11 is 12.5. The molecule has 9 heteroatoms. The van der Waals surface area contributed by atoms with Gasteiger partial charge in [0.15, 0.2) is 6.10 Å². The fraction of sp³-hybridized carbons (Fsp3) is 0.320. The minimum atomic E-state index is -0.592. The highest BCUT2D eigenvalue weighted by Gasteiger charge is 2.23. The summed E-state index contributed by atoms with van der Waals surface area (Å²) in [5, 5.41) is 3.63. The molecule has 4 rings (SSSR count). The predicted octanol–water partition coefficient (Wildman–Crippen LogP) is 5.49. The molecule has 3 aromatic rings. The number of aromatic nitrogens is 1. The number of benzene rings is 2. The minimum absolute atomic E-state index is 0.00682. The quantitative estimate of drug-likeness (QED) is 0.367. The summed E-state index contributed by atoms with van der Waals surface area (Å²) in [5.41, 5.74) is 2.02. The zero-order chi connectivity index (χ0) is 24.7. The number of carbonyl (C=O) groups excluding carboxylic acids is 2. The number of nitrogens with one attached hydrogen (secondary N) is 1. The van der Waals surface area contributed by atoms with Crippen LogP contribution in [0, 0.1) is 5.82 Å². The van der Waals surface area contributed by atoms with Gasteiger partial charge in [0.2, 0.25) is 6.41 Å². The number of piperidine rings is 1. The van der Waals surface area contributed by atoms with E-state index in [0.717, 1.165) is 43.3 Å². The summed E-state index contributed by atoms with van der Waals surface area (Å²) in [7, 11) is 1.56. The molecule has 2 amide bonds. The van der Waals surface area contributed by atoms with Crippen molar-refractivity contribution in [1.29, 1.82) is 0 Å². The monoisotopic (exact) mass is 505 g/mol. The molecule has 1 atom stereocenters. The molecule has 1 aromatic heterocycles. The second-order valence-corrected chi connectivity index (χ2v) is 8.64. The molecule has 0 saturated carbocycles. The van der Waals surface area contributed by atoms with Crippen molar-refractivity contribution < 1.29 is 18.7 Å². The number of pyridine rings is 1. The fourth-order valence-electron chi connectivity index (χ4n) is 3.81. The van der Waals surface area contributed by atoms with Crippen LogP contribution in [0.4, 0.5) is 4.39 Å². The van der Waals surface area contributed by atoms with Crippen molar-refractivity contribution in [1.82, 2.24) is 15.2 Å². The highest BCUT2D eigenvalue weighted by molar-refractivity contribution is 6.34. The first kappa shape index (κ1) is 25.7. The van der Waals surface area contributed by atoms with Gasteiger partial charge in [-0.3, -0.25) is 9.59 Å². The summed E-state index contributed by atoms with van der Waals surface area (Å²) in [5.74, 6) is 0.121. The van der Waals surface area contributed by atoms with Gasteiger partial charge in [-0.2, -0.15) is 0 Å². The van der Waals surface area contributed by atoms with Crippen molar-refractivity contribution in [2.45, 2.75) is 32.3 Å². The van der Waals surface area contributed by atoms with Crippen molar-refractivity contribution >= 4 is 46.4 Å². The molecule has 0 aliphatic carbocycles. The van der Waals surface area contributed by atoms with Crippen LogP contribution < -0.4 is 10.1 Å². The number of rotatable bonds is 5. The molecule has 34 heavy (non-hydrogen) atoms. The van der Waals surface area contributed by atoms with E-state index < -0.39 is 11.9 Å². The first-order chi connectivity index (χ1) is 16.3. The van der Waals surface area contributed by atoms with E-state index in [4.69, 9.17) is 32.7 Å². The Balaban J connectivity index is 0.000000751. The van der Waals surface area contributed by atoms with E-state index in [9.17, 15) is 9.18 Å². The van der Waals surface area contributed by atoms with Crippen molar-refractivity contribution in [2.75, 3.05) is 20.1 Å². The van der Waals surface area contributed by atoms with Crippen LogP contribution in [0.3, 0.4) is 0 Å². The highest BCUT2D eigenvalue weighted by Crippen LogP contribution is 2.36. The van der Waals surface area contributed by atoms with E-state index in [-0.39, 0.29) is 11.1 Å². The lowest BCUT2D eigenvalue weighted by Gasteiger charge is -2.29. The third-order valence-corrected chi connectivity index (χ3v) is 5.92. The maximum atomic E-state index is 13.5. The van der Waals surface area contributed by atoms with Gasteiger partial charge in [-0.25, -0.2) is 9.37 Å². The molecule has 1 aliphatic heterocycles. The number of fused-ring (bicyclic) bond motifs is 1. The van der Waals surface area contributed by atoms with E-state index in [1.54, 1.807) is 38.2 Å². The molecular weight excluding hydrogens is 480 g/mol. The van der Waals surface area contributed by atoms with Gasteiger partial charge in [0.25, 0.3) is 5.91 Å². The molecule has 1 saturated heterocycles. The number of ether oxygens (including phenoxy) is 1. The number of amides is 2. The summed E-state index contributed by atoms with van der Waals surface area (Å²) in [6.45, 7) is 3.32. The molecule has 1 aliphatic rings. The number of carbonyl (C=O) groups is 2. The van der Waals surface area contributed by atoms with E-state index in [2.05, 4.69) is 10.3 Å². The van der Waals surface area contributed by atoms with Gasteiger partial charge in [-0.05, 0) is 68.1 Å². The Morgan fingerprint density at radius 2 is 1.82 bits per heavy atom. The smallest absolute Gasteiger partial charge is 0.263 e. The van der Waals surface area contributed by atoms with Gasteiger partial charge < -0.3 is 15.0 Å². The first-order valence-electron chi connectivity index (χ1n) is 11.0. The summed E-state index contributed by atoms with van der Waals surface area (Å²) in [6.07, 6.45) is 3.26. The number of halogens is 3. The highest BCUT2D eigenvalue weighted by atomic mass is 35.5. The SMILES string of the molecule is CC(Oc1ccc2c(-c3ccc(F)cc3Cl)cc(Cl)nc2c1)C(=O)N1CCCCC1.CNC=O. The van der Waals surface area contributed by atoms with E-state index >= 15 is 0 Å². The van der Waals surface area contributed by atoms with Crippen LogP contribution in [-0.2, 0) is 9.59 Å². The van der Waals surface area contributed by atoms with Crippen molar-refractivity contribution in [3.05, 3.63) is 58.5 Å². The second kappa shape index (κ2) is 12.0. The maximum absolute atomic E-state index is 13.5. The Morgan fingerprint density at radius 3 is 2.47 bits per heavy atom. The van der Waals surface area contributed by atoms with Gasteiger partial charge in [-0.15, -0.1) is 0 Å². The second-order valence-electron chi connectivity index (χ2n) is 7.85. The lowest BCUT2D eigenvalue weighted by molar-refractivity contribution is -0.138. The van der Waals surface area contributed by atoms with Crippen molar-refractivity contribution in [2.24, 2.45) is 0 Å². The largest absolute Gasteiger partial charge is 0.481 e. The van der Waals surface area contributed by atoms with Crippen LogP contribution in [0.15, 0.2) is 42.5 Å². The molecule has 0 bridgehead atoms. The fourth-order valence-corrected chi connectivity index (χ4v) is 4.28. The normalized spacial score (nSPS) is 14.1. The van der Waals surface area contributed by atoms with Crippen LogP contribution in [0.5, 0.6) is 5.75 Å². The maximum Gasteiger partial charge on any atom is 0.263 e. The summed E-state index contributed by atoms with van der Waals surface area (Å²) in [6, 6.07) is 11.3. The Labute approximate surface area is 208 Å². The number of hydrogen-bond donors (Lipinski definition) is 1. The molecule has 2 aromatic carbocycles. The van der Waals surface area contributed by atoms with Crippen LogP contribution in [0.1, 0.15) is 26.2 Å². The lowest BCUT2D eigenvalue weighted by Crippen LogP contribution is -2.43. The van der Waals surface area contributed by atoms with E-state index in [0.29, 0.717) is 28.3 Å². The minimum Gasteiger partial charge on any atom is -0.481 e. The van der Waals surface area contributed by atoms with Crippen LogP contribution in [-0.4, -0.2) is 48.4 Å². The zero-order valence-corrected chi connectivity index (χ0v) is 20.5. The third kappa shape index (κ3) is 6.36. The number of hydrogen-bond acceptors (Lipinski definition) is 4. The average molecular weight is 506 g/mol. The third-order valence-electron chi connectivity index (χ3n) is 5.42. The van der Waals surface area contributed by atoms with Crippen LogP contribution in [0.25, 0.3) is 22.0 Å². The van der Waals surface area contributed by atoms with E-state index in [1.807, 2.05) is 11.0 Å². The zero-order valence-electron chi connectivity index (χ0n) is 19.0. The van der Waals surface area contributed by atoms with Crippen molar-refractivity contribution in [3.8, 4) is 16.9 Å². The Bertz CT molecular complexity index is 1170. The predicted molar refractivity (Wildman–Crippen MR) is 133 cm³/mol. The molecule has 0 radical (unpaired) electrons. The van der Waals surface area contributed by atoms with Gasteiger partial charge in [0.05, 0.1) is 10.5 Å².